The van der Waals surface area contributed by atoms with E-state index in [-0.39, 0.29) is 11.1 Å². The van der Waals surface area contributed by atoms with Crippen LogP contribution in [-0.2, 0) is 0 Å². The molecular formula is C9H11BrO3S. The molecule has 5 heteroatoms. The molecule has 0 saturated carbocycles. The SMILES string of the molecule is CC(=O)c1sccc1C(O)C(O)CBr. The van der Waals surface area contributed by atoms with E-state index < -0.39 is 12.2 Å². The number of thiophene rings is 1. The molecule has 0 aliphatic rings. The van der Waals surface area contributed by atoms with Crippen molar-refractivity contribution in [3.8, 4) is 0 Å². The number of ketones is 1. The molecule has 0 aliphatic heterocycles. The Morgan fingerprint density at radius 1 is 1.64 bits per heavy atom. The first-order valence-corrected chi connectivity index (χ1v) is 6.08. The Kier molecular flexibility index (Phi) is 4.25. The predicted octanol–water partition coefficient (Wildman–Crippen LogP) is 1.74. The summed E-state index contributed by atoms with van der Waals surface area (Å²) in [7, 11) is 0. The van der Waals surface area contributed by atoms with Gasteiger partial charge in [-0.15, -0.1) is 11.3 Å². The lowest BCUT2D eigenvalue weighted by Gasteiger charge is -2.15. The molecule has 1 heterocycles. The third-order valence-electron chi connectivity index (χ3n) is 1.86. The van der Waals surface area contributed by atoms with Gasteiger partial charge in [0, 0.05) is 10.9 Å². The van der Waals surface area contributed by atoms with Gasteiger partial charge in [0.05, 0.1) is 11.0 Å². The van der Waals surface area contributed by atoms with Gasteiger partial charge in [-0.05, 0) is 18.4 Å². The lowest BCUT2D eigenvalue weighted by molar-refractivity contribution is 0.0340. The van der Waals surface area contributed by atoms with Crippen LogP contribution in [0.5, 0.6) is 0 Å². The number of Topliss-reactive ketones (excluding diaryl/α,β-unsaturated/α-hetero) is 1. The Morgan fingerprint density at radius 2 is 2.29 bits per heavy atom. The zero-order valence-corrected chi connectivity index (χ0v) is 10.0. The van der Waals surface area contributed by atoms with Crippen LogP contribution in [0.3, 0.4) is 0 Å². The smallest absolute Gasteiger partial charge is 0.170 e. The van der Waals surface area contributed by atoms with Crippen LogP contribution in [0, 0.1) is 0 Å². The molecule has 14 heavy (non-hydrogen) atoms. The number of carbonyl (C=O) groups excluding carboxylic acids is 1. The highest BCUT2D eigenvalue weighted by molar-refractivity contribution is 9.09. The van der Waals surface area contributed by atoms with E-state index in [2.05, 4.69) is 15.9 Å². The van der Waals surface area contributed by atoms with Crippen molar-refractivity contribution in [1.29, 1.82) is 0 Å². The molecule has 2 unspecified atom stereocenters. The molecule has 0 saturated heterocycles. The number of hydrogen-bond acceptors (Lipinski definition) is 4. The van der Waals surface area contributed by atoms with Crippen LogP contribution in [0.4, 0.5) is 0 Å². The van der Waals surface area contributed by atoms with Crippen LogP contribution in [-0.4, -0.2) is 27.4 Å². The Hall–Kier alpha value is -0.230. The van der Waals surface area contributed by atoms with Gasteiger partial charge in [-0.3, -0.25) is 4.79 Å². The second kappa shape index (κ2) is 5.02. The summed E-state index contributed by atoms with van der Waals surface area (Å²) in [5.41, 5.74) is 0.509. The van der Waals surface area contributed by atoms with E-state index in [1.54, 1.807) is 11.4 Å². The molecule has 0 amide bonds. The molecule has 78 valence electrons. The van der Waals surface area contributed by atoms with Crippen LogP contribution >= 0.6 is 27.3 Å². The van der Waals surface area contributed by atoms with Gasteiger partial charge >= 0.3 is 0 Å². The highest BCUT2D eigenvalue weighted by Gasteiger charge is 2.22. The zero-order valence-electron chi connectivity index (χ0n) is 7.61. The van der Waals surface area contributed by atoms with E-state index in [1.165, 1.54) is 18.3 Å². The number of carbonyl (C=O) groups is 1. The highest BCUT2D eigenvalue weighted by atomic mass is 79.9. The van der Waals surface area contributed by atoms with Gasteiger partial charge in [0.15, 0.2) is 5.78 Å². The van der Waals surface area contributed by atoms with Crippen molar-refractivity contribution in [2.24, 2.45) is 0 Å². The van der Waals surface area contributed by atoms with Crippen LogP contribution in [0.25, 0.3) is 0 Å². The lowest BCUT2D eigenvalue weighted by atomic mass is 10.1. The van der Waals surface area contributed by atoms with Crippen LogP contribution in [0.1, 0.15) is 28.3 Å². The van der Waals surface area contributed by atoms with Crippen LogP contribution in [0.15, 0.2) is 11.4 Å². The molecule has 0 aliphatic carbocycles. The standard InChI is InChI=1S/C9H11BrO3S/c1-5(11)9-6(2-3-14-9)8(13)7(12)4-10/h2-3,7-8,12-13H,4H2,1H3. The fourth-order valence-corrected chi connectivity index (χ4v) is 2.33. The molecule has 0 radical (unpaired) electrons. The number of alkyl halides is 1. The molecule has 0 bridgehead atoms. The van der Waals surface area contributed by atoms with Crippen molar-refractivity contribution < 1.29 is 15.0 Å². The van der Waals surface area contributed by atoms with Gasteiger partial charge in [0.2, 0.25) is 0 Å². The topological polar surface area (TPSA) is 57.5 Å². The lowest BCUT2D eigenvalue weighted by Crippen LogP contribution is -2.20. The molecule has 1 aromatic heterocycles. The normalized spacial score (nSPS) is 15.1. The fraction of sp³-hybridized carbons (Fsp3) is 0.444. The average molecular weight is 279 g/mol. The van der Waals surface area contributed by atoms with Gasteiger partial charge < -0.3 is 10.2 Å². The number of hydrogen-bond donors (Lipinski definition) is 2. The van der Waals surface area contributed by atoms with Crippen molar-refractivity contribution in [1.82, 2.24) is 0 Å². The molecule has 1 aromatic rings. The van der Waals surface area contributed by atoms with E-state index >= 15 is 0 Å². The summed E-state index contributed by atoms with van der Waals surface area (Å²) >= 11 is 4.35. The summed E-state index contributed by atoms with van der Waals surface area (Å²) in [5, 5.41) is 21.1. The average Bonchev–Trinajstić information content (AvgIpc) is 2.63. The minimum Gasteiger partial charge on any atom is -0.389 e. The largest absolute Gasteiger partial charge is 0.389 e. The number of rotatable bonds is 4. The first-order valence-electron chi connectivity index (χ1n) is 4.08. The number of aliphatic hydroxyl groups is 2. The third-order valence-corrected chi connectivity index (χ3v) is 3.55. The molecule has 0 fully saturated rings. The Bertz CT molecular complexity index is 324. The van der Waals surface area contributed by atoms with E-state index in [9.17, 15) is 15.0 Å². The van der Waals surface area contributed by atoms with Gasteiger partial charge in [-0.1, -0.05) is 15.9 Å². The quantitative estimate of drug-likeness (QED) is 0.652. The van der Waals surface area contributed by atoms with E-state index in [0.717, 1.165) is 0 Å². The van der Waals surface area contributed by atoms with E-state index in [4.69, 9.17) is 0 Å². The molecule has 2 N–H and O–H groups in total. The summed E-state index contributed by atoms with van der Waals surface area (Å²) < 4.78 is 0. The fourth-order valence-electron chi connectivity index (χ4n) is 1.13. The minimum atomic E-state index is -1.00. The second-order valence-corrected chi connectivity index (χ2v) is 4.49. The maximum atomic E-state index is 11.1. The molecule has 2 atom stereocenters. The first kappa shape index (κ1) is 11.8. The van der Waals surface area contributed by atoms with Crippen LogP contribution in [0.2, 0.25) is 0 Å². The molecule has 3 nitrogen and oxygen atoms in total. The van der Waals surface area contributed by atoms with Crippen molar-refractivity contribution in [3.63, 3.8) is 0 Å². The van der Waals surface area contributed by atoms with Crippen molar-refractivity contribution >= 4 is 33.0 Å². The maximum Gasteiger partial charge on any atom is 0.170 e. The minimum absolute atomic E-state index is 0.0872. The van der Waals surface area contributed by atoms with Gasteiger partial charge in [0.25, 0.3) is 0 Å². The molecule has 1 rings (SSSR count). The molecule has 0 spiro atoms. The highest BCUT2D eigenvalue weighted by Crippen LogP contribution is 2.26. The summed E-state index contributed by atoms with van der Waals surface area (Å²) in [6.45, 7) is 1.45. The zero-order chi connectivity index (χ0) is 10.7. The molecule has 0 aromatic carbocycles. The molecular weight excluding hydrogens is 268 g/mol. The van der Waals surface area contributed by atoms with Crippen LogP contribution < -0.4 is 0 Å². The Morgan fingerprint density at radius 3 is 2.79 bits per heavy atom. The third kappa shape index (κ3) is 2.42. The first-order chi connectivity index (χ1) is 6.57. The van der Waals surface area contributed by atoms with Gasteiger partial charge in [-0.25, -0.2) is 0 Å². The Balaban J connectivity index is 2.94. The maximum absolute atomic E-state index is 11.1. The van der Waals surface area contributed by atoms with Crippen molar-refractivity contribution in [3.05, 3.63) is 21.9 Å². The number of halogens is 1. The van der Waals surface area contributed by atoms with E-state index in [0.29, 0.717) is 10.4 Å². The second-order valence-electron chi connectivity index (χ2n) is 2.93. The summed E-state index contributed by atoms with van der Waals surface area (Å²) in [5.74, 6) is -0.0872. The number of aliphatic hydroxyl groups excluding tert-OH is 2. The summed E-state index contributed by atoms with van der Waals surface area (Å²) in [6.07, 6.45) is -1.89. The summed E-state index contributed by atoms with van der Waals surface area (Å²) in [6, 6.07) is 1.66. The Labute approximate surface area is 94.5 Å². The van der Waals surface area contributed by atoms with Crippen molar-refractivity contribution in [2.45, 2.75) is 19.1 Å². The van der Waals surface area contributed by atoms with Crippen molar-refractivity contribution in [2.75, 3.05) is 5.33 Å². The van der Waals surface area contributed by atoms with Gasteiger partial charge in [-0.2, -0.15) is 0 Å². The predicted molar refractivity (Wildman–Crippen MR) is 59.1 cm³/mol. The van der Waals surface area contributed by atoms with Gasteiger partial charge in [0.1, 0.15) is 6.10 Å². The monoisotopic (exact) mass is 278 g/mol. The van der Waals surface area contributed by atoms with E-state index in [1.807, 2.05) is 0 Å². The summed E-state index contributed by atoms with van der Waals surface area (Å²) in [4.78, 5) is 11.7.